The van der Waals surface area contributed by atoms with Crippen molar-refractivity contribution in [3.8, 4) is 0 Å². The summed E-state index contributed by atoms with van der Waals surface area (Å²) in [7, 11) is 0.493. The number of amides is 1. The molecule has 4 heteroatoms. The summed E-state index contributed by atoms with van der Waals surface area (Å²) in [6, 6.07) is 0. The van der Waals surface area contributed by atoms with Gasteiger partial charge in [0.25, 0.3) is 0 Å². The number of rotatable bonds is 3. The molecule has 0 bridgehead atoms. The first-order valence-electron chi connectivity index (χ1n) is 2.47. The highest BCUT2D eigenvalue weighted by atomic mass is 31.1. The van der Waals surface area contributed by atoms with Crippen LogP contribution in [0.4, 0.5) is 0 Å². The van der Waals surface area contributed by atoms with E-state index in [0.29, 0.717) is 21.7 Å². The van der Waals surface area contributed by atoms with Crippen molar-refractivity contribution < 1.29 is 4.79 Å². The molecule has 0 aliphatic carbocycles. The summed E-state index contributed by atoms with van der Waals surface area (Å²) in [6.07, 6.45) is 0.445. The van der Waals surface area contributed by atoms with E-state index in [2.05, 4.69) is 5.09 Å². The molecule has 0 radical (unpaired) electrons. The number of carbonyl (C=O) groups excluding carboxylic acids is 1. The van der Waals surface area contributed by atoms with E-state index in [1.165, 1.54) is 0 Å². The summed E-state index contributed by atoms with van der Waals surface area (Å²) in [5, 5.41) is 2.66. The summed E-state index contributed by atoms with van der Waals surface area (Å²) in [4.78, 5) is 10.5. The number of carbonyl (C=O) groups is 1. The molecule has 0 aliphatic heterocycles. The molecule has 0 spiro atoms. The minimum absolute atomic E-state index is 0.0494. The molecule has 1 amide bonds. The Morgan fingerprint density at radius 3 is 2.88 bits per heavy atom. The van der Waals surface area contributed by atoms with Gasteiger partial charge in [-0.25, -0.2) is 0 Å². The van der Waals surface area contributed by atoms with Crippen molar-refractivity contribution in [2.45, 2.75) is 6.42 Å². The standard InChI is InChI=1S/C4H11N2OP/c1-8-6-4(7)2-3-5/h8H,2-3,5H2,1H3,(H,6,7). The second-order valence-electron chi connectivity index (χ2n) is 1.34. The Labute approximate surface area is 50.9 Å². The number of nitrogens with two attached hydrogens (primary N) is 1. The average Bonchev–Trinajstić information content (AvgIpc) is 1.68. The van der Waals surface area contributed by atoms with Crippen LogP contribution in [0, 0.1) is 0 Å². The van der Waals surface area contributed by atoms with Gasteiger partial charge in [-0.3, -0.25) is 4.79 Å². The van der Waals surface area contributed by atoms with Crippen LogP contribution in [0.25, 0.3) is 0 Å². The quantitative estimate of drug-likeness (QED) is 0.519. The average molecular weight is 134 g/mol. The molecular formula is C4H11N2OP. The van der Waals surface area contributed by atoms with Gasteiger partial charge in [-0.05, 0) is 15.4 Å². The van der Waals surface area contributed by atoms with E-state index in [1.807, 2.05) is 6.66 Å². The van der Waals surface area contributed by atoms with Crippen LogP contribution >= 0.6 is 8.73 Å². The van der Waals surface area contributed by atoms with Crippen LogP contribution in [0.1, 0.15) is 6.42 Å². The van der Waals surface area contributed by atoms with Crippen molar-refractivity contribution >= 4 is 14.6 Å². The smallest absolute Gasteiger partial charge is 0.224 e. The maximum atomic E-state index is 10.5. The summed E-state index contributed by atoms with van der Waals surface area (Å²) in [5.41, 5.74) is 5.10. The lowest BCUT2D eigenvalue weighted by Gasteiger charge is -1.96. The van der Waals surface area contributed by atoms with Crippen LogP contribution < -0.4 is 10.8 Å². The molecule has 0 saturated carbocycles. The molecule has 0 saturated heterocycles. The summed E-state index contributed by atoms with van der Waals surface area (Å²) < 4.78 is 0. The molecular weight excluding hydrogens is 123 g/mol. The van der Waals surface area contributed by atoms with Crippen molar-refractivity contribution in [1.29, 1.82) is 0 Å². The van der Waals surface area contributed by atoms with Crippen molar-refractivity contribution in [1.82, 2.24) is 5.09 Å². The van der Waals surface area contributed by atoms with Gasteiger partial charge in [0, 0.05) is 13.0 Å². The normalized spacial score (nSPS) is 10.2. The Hall–Kier alpha value is -0.140. The third-order valence-electron chi connectivity index (χ3n) is 0.636. The Morgan fingerprint density at radius 1 is 1.88 bits per heavy atom. The molecule has 8 heavy (non-hydrogen) atoms. The van der Waals surface area contributed by atoms with E-state index in [0.717, 1.165) is 0 Å². The third-order valence-corrected chi connectivity index (χ3v) is 1.16. The van der Waals surface area contributed by atoms with Gasteiger partial charge in [-0.1, -0.05) is 0 Å². The molecule has 3 N–H and O–H groups in total. The van der Waals surface area contributed by atoms with E-state index >= 15 is 0 Å². The molecule has 0 heterocycles. The Morgan fingerprint density at radius 2 is 2.50 bits per heavy atom. The first-order valence-corrected chi connectivity index (χ1v) is 3.97. The second-order valence-corrected chi connectivity index (χ2v) is 2.09. The number of hydrogen-bond donors (Lipinski definition) is 2. The van der Waals surface area contributed by atoms with Gasteiger partial charge in [0.15, 0.2) is 0 Å². The Balaban J connectivity index is 3.06. The predicted molar refractivity (Wildman–Crippen MR) is 36.1 cm³/mol. The monoisotopic (exact) mass is 134 g/mol. The molecule has 0 aromatic heterocycles. The second kappa shape index (κ2) is 5.01. The van der Waals surface area contributed by atoms with E-state index in [9.17, 15) is 4.79 Å². The van der Waals surface area contributed by atoms with Crippen molar-refractivity contribution in [2.24, 2.45) is 5.73 Å². The first-order chi connectivity index (χ1) is 3.81. The highest BCUT2D eigenvalue weighted by Gasteiger charge is 1.92. The molecule has 48 valence electrons. The van der Waals surface area contributed by atoms with Gasteiger partial charge in [0.05, 0.1) is 0 Å². The van der Waals surface area contributed by atoms with Crippen LogP contribution in [0.15, 0.2) is 0 Å². The largest absolute Gasteiger partial charge is 0.338 e. The molecule has 0 rings (SSSR count). The molecule has 0 aliphatic rings. The summed E-state index contributed by atoms with van der Waals surface area (Å²) >= 11 is 0. The van der Waals surface area contributed by atoms with Gasteiger partial charge in [0.2, 0.25) is 5.91 Å². The van der Waals surface area contributed by atoms with E-state index in [4.69, 9.17) is 5.73 Å². The van der Waals surface area contributed by atoms with Crippen LogP contribution in [-0.4, -0.2) is 19.1 Å². The molecule has 0 aromatic carbocycles. The minimum atomic E-state index is 0.0494. The number of hydrogen-bond acceptors (Lipinski definition) is 2. The number of nitrogens with one attached hydrogen (secondary N) is 1. The maximum absolute atomic E-state index is 10.5. The summed E-state index contributed by atoms with van der Waals surface area (Å²) in [6.45, 7) is 2.35. The fourth-order valence-corrected chi connectivity index (χ4v) is 0.737. The van der Waals surface area contributed by atoms with Crippen molar-refractivity contribution in [3.63, 3.8) is 0 Å². The topological polar surface area (TPSA) is 55.1 Å². The van der Waals surface area contributed by atoms with Gasteiger partial charge in [-0.15, -0.1) is 0 Å². The highest BCUT2D eigenvalue weighted by Crippen LogP contribution is 1.92. The molecule has 1 unspecified atom stereocenters. The molecule has 0 aromatic rings. The highest BCUT2D eigenvalue weighted by molar-refractivity contribution is 7.35. The maximum Gasteiger partial charge on any atom is 0.224 e. The third kappa shape index (κ3) is 4.03. The molecule has 1 atom stereocenters. The van der Waals surface area contributed by atoms with Crippen LogP contribution in [0.3, 0.4) is 0 Å². The minimum Gasteiger partial charge on any atom is -0.338 e. The van der Waals surface area contributed by atoms with E-state index < -0.39 is 0 Å². The predicted octanol–water partition coefficient (Wildman–Crippen LogP) is -0.325. The lowest BCUT2D eigenvalue weighted by Crippen LogP contribution is -2.17. The zero-order valence-corrected chi connectivity index (χ0v) is 5.90. The van der Waals surface area contributed by atoms with Crippen LogP contribution in [0.2, 0.25) is 0 Å². The van der Waals surface area contributed by atoms with Gasteiger partial charge in [-0.2, -0.15) is 0 Å². The Bertz CT molecular complexity index is 68.4. The fourth-order valence-electron chi connectivity index (χ4n) is 0.333. The van der Waals surface area contributed by atoms with Gasteiger partial charge < -0.3 is 10.8 Å². The Kier molecular flexibility index (Phi) is 4.92. The molecule has 0 fully saturated rings. The zero-order valence-electron chi connectivity index (χ0n) is 4.90. The first kappa shape index (κ1) is 7.86. The fraction of sp³-hybridized carbons (Fsp3) is 0.750. The summed E-state index contributed by atoms with van der Waals surface area (Å²) in [5.74, 6) is 0.0494. The van der Waals surface area contributed by atoms with Crippen molar-refractivity contribution in [3.05, 3.63) is 0 Å². The molecule has 3 nitrogen and oxygen atoms in total. The van der Waals surface area contributed by atoms with E-state index in [1.54, 1.807) is 0 Å². The lowest BCUT2D eigenvalue weighted by molar-refractivity contribution is -0.119. The lowest BCUT2D eigenvalue weighted by atomic mass is 10.4. The van der Waals surface area contributed by atoms with Gasteiger partial charge >= 0.3 is 0 Å². The zero-order chi connectivity index (χ0) is 6.41. The SMILES string of the molecule is CPNC(=O)CCN. The van der Waals surface area contributed by atoms with Gasteiger partial charge in [0.1, 0.15) is 0 Å². The van der Waals surface area contributed by atoms with Crippen molar-refractivity contribution in [2.75, 3.05) is 13.2 Å². The van der Waals surface area contributed by atoms with E-state index in [-0.39, 0.29) is 5.91 Å². The van der Waals surface area contributed by atoms with Crippen LogP contribution in [-0.2, 0) is 4.79 Å². The van der Waals surface area contributed by atoms with Crippen LogP contribution in [0.5, 0.6) is 0 Å².